The average molecular weight is 349 g/mol. The van der Waals surface area contributed by atoms with Crippen molar-refractivity contribution in [2.75, 3.05) is 0 Å². The van der Waals surface area contributed by atoms with Crippen LogP contribution in [0.25, 0.3) is 0 Å². The zero-order valence-corrected chi connectivity index (χ0v) is 15.6. The van der Waals surface area contributed by atoms with Crippen LogP contribution in [-0.2, 0) is 0 Å². The van der Waals surface area contributed by atoms with Crippen LogP contribution in [0.2, 0.25) is 6.04 Å². The van der Waals surface area contributed by atoms with Gasteiger partial charge in [-0.1, -0.05) is 80.1 Å². The molecule has 0 amide bonds. The third kappa shape index (κ3) is 4.52. The summed E-state index contributed by atoms with van der Waals surface area (Å²) in [5.74, 6) is 1.73. The molecule has 0 spiro atoms. The first-order valence-electron chi connectivity index (χ1n) is 8.86. The van der Waals surface area contributed by atoms with E-state index in [0.717, 1.165) is 35.6 Å². The summed E-state index contributed by atoms with van der Waals surface area (Å²) in [5, 5.41) is 1.16. The van der Waals surface area contributed by atoms with Gasteiger partial charge in [0.05, 0.1) is 0 Å². The van der Waals surface area contributed by atoms with Crippen molar-refractivity contribution in [2.45, 2.75) is 25.8 Å². The molecule has 0 unspecified atom stereocenters. The van der Waals surface area contributed by atoms with Crippen LogP contribution in [-0.4, -0.2) is 8.56 Å². The highest BCUT2D eigenvalue weighted by Gasteiger charge is 2.44. The zero-order chi connectivity index (χ0) is 17.4. The van der Waals surface area contributed by atoms with Crippen LogP contribution < -0.4 is 14.0 Å². The highest BCUT2D eigenvalue weighted by Crippen LogP contribution is 2.25. The number of hydrogen-bond acceptors (Lipinski definition) is 2. The fraction of sp³-hybridized carbons (Fsp3) is 0.182. The minimum Gasteiger partial charge on any atom is -0.509 e. The SMILES string of the molecule is CCCC[Si](Oc1ccccc1)(Oc1ccccc1)c1ccccc1. The van der Waals surface area contributed by atoms with Gasteiger partial charge in [0.15, 0.2) is 0 Å². The van der Waals surface area contributed by atoms with Crippen LogP contribution in [0.1, 0.15) is 19.8 Å². The Hall–Kier alpha value is -2.52. The van der Waals surface area contributed by atoms with E-state index in [1.165, 1.54) is 0 Å². The largest absolute Gasteiger partial charge is 0.509 e. The molecule has 0 aliphatic heterocycles. The topological polar surface area (TPSA) is 18.5 Å². The fourth-order valence-corrected chi connectivity index (χ4v) is 6.17. The van der Waals surface area contributed by atoms with Gasteiger partial charge in [-0.2, -0.15) is 0 Å². The quantitative estimate of drug-likeness (QED) is 0.515. The molecule has 0 atom stereocenters. The predicted molar refractivity (Wildman–Crippen MR) is 106 cm³/mol. The Morgan fingerprint density at radius 3 is 1.52 bits per heavy atom. The number of benzene rings is 3. The molecule has 0 aromatic heterocycles. The summed E-state index contributed by atoms with van der Waals surface area (Å²) in [7, 11) is -2.67. The molecule has 3 rings (SSSR count). The van der Waals surface area contributed by atoms with E-state index in [4.69, 9.17) is 8.85 Å². The van der Waals surface area contributed by atoms with Crippen molar-refractivity contribution < 1.29 is 8.85 Å². The van der Waals surface area contributed by atoms with Gasteiger partial charge < -0.3 is 8.85 Å². The lowest BCUT2D eigenvalue weighted by Gasteiger charge is -2.32. The minimum atomic E-state index is -2.67. The van der Waals surface area contributed by atoms with Crippen LogP contribution in [0.15, 0.2) is 91.0 Å². The molecule has 0 aliphatic carbocycles. The van der Waals surface area contributed by atoms with Crippen molar-refractivity contribution >= 4 is 13.7 Å². The molecular formula is C22H24O2Si. The van der Waals surface area contributed by atoms with Crippen molar-refractivity contribution in [3.05, 3.63) is 91.0 Å². The molecule has 2 nitrogen and oxygen atoms in total. The lowest BCUT2D eigenvalue weighted by atomic mass is 10.3. The number of unbranched alkanes of at least 4 members (excludes halogenated alkanes) is 1. The van der Waals surface area contributed by atoms with Gasteiger partial charge in [0.2, 0.25) is 0 Å². The Balaban J connectivity index is 2.02. The summed E-state index contributed by atoms with van der Waals surface area (Å²) >= 11 is 0. The van der Waals surface area contributed by atoms with E-state index in [1.54, 1.807) is 0 Å². The molecule has 0 radical (unpaired) electrons. The first-order valence-corrected chi connectivity index (χ1v) is 10.9. The van der Waals surface area contributed by atoms with Gasteiger partial charge in [-0.25, -0.2) is 0 Å². The number of rotatable bonds is 8. The van der Waals surface area contributed by atoms with E-state index in [0.29, 0.717) is 0 Å². The summed E-state index contributed by atoms with van der Waals surface area (Å²) in [6.07, 6.45) is 2.18. The molecule has 0 saturated heterocycles. The van der Waals surface area contributed by atoms with Crippen molar-refractivity contribution in [2.24, 2.45) is 0 Å². The second kappa shape index (κ2) is 8.54. The molecular weight excluding hydrogens is 324 g/mol. The van der Waals surface area contributed by atoms with Crippen LogP contribution in [0.5, 0.6) is 11.5 Å². The highest BCUT2D eigenvalue weighted by molar-refractivity contribution is 6.82. The molecule has 0 fully saturated rings. The Morgan fingerprint density at radius 1 is 0.640 bits per heavy atom. The summed E-state index contributed by atoms with van der Waals surface area (Å²) in [5.41, 5.74) is 0. The second-order valence-corrected chi connectivity index (χ2v) is 9.04. The van der Waals surface area contributed by atoms with Gasteiger partial charge in [0, 0.05) is 11.2 Å². The van der Waals surface area contributed by atoms with Crippen LogP contribution in [0.4, 0.5) is 0 Å². The lowest BCUT2D eigenvalue weighted by molar-refractivity contribution is 0.395. The number of hydrogen-bond donors (Lipinski definition) is 0. The third-order valence-corrected chi connectivity index (χ3v) is 7.48. The maximum Gasteiger partial charge on any atom is 0.495 e. The molecule has 3 aromatic carbocycles. The third-order valence-electron chi connectivity index (χ3n) is 4.12. The summed E-state index contributed by atoms with van der Waals surface area (Å²) in [6.45, 7) is 2.20. The van der Waals surface area contributed by atoms with E-state index in [-0.39, 0.29) is 0 Å². The smallest absolute Gasteiger partial charge is 0.495 e. The van der Waals surface area contributed by atoms with Gasteiger partial charge >= 0.3 is 8.56 Å². The molecule has 128 valence electrons. The summed E-state index contributed by atoms with van der Waals surface area (Å²) in [4.78, 5) is 0. The second-order valence-electron chi connectivity index (χ2n) is 6.05. The molecule has 0 saturated carbocycles. The van der Waals surface area contributed by atoms with Gasteiger partial charge in [0.25, 0.3) is 0 Å². The predicted octanol–water partition coefficient (Wildman–Crippen LogP) is 5.29. The molecule has 3 aromatic rings. The molecule has 3 heteroatoms. The summed E-state index contributed by atoms with van der Waals surface area (Å²) < 4.78 is 13.2. The van der Waals surface area contributed by atoms with Crippen molar-refractivity contribution in [3.8, 4) is 11.5 Å². The Morgan fingerprint density at radius 2 is 1.08 bits per heavy atom. The fourth-order valence-electron chi connectivity index (χ4n) is 2.84. The Labute approximate surface area is 151 Å². The number of para-hydroxylation sites is 2. The van der Waals surface area contributed by atoms with Crippen LogP contribution in [0.3, 0.4) is 0 Å². The molecule has 0 bridgehead atoms. The standard InChI is InChI=1S/C22H24O2Si/c1-2-3-19-25(22-17-11-6-12-18-22,23-20-13-7-4-8-14-20)24-21-15-9-5-10-16-21/h4-18H,2-3,19H2,1H3. The van der Waals surface area contributed by atoms with E-state index in [2.05, 4.69) is 31.2 Å². The van der Waals surface area contributed by atoms with Crippen molar-refractivity contribution in [1.29, 1.82) is 0 Å². The lowest BCUT2D eigenvalue weighted by Crippen LogP contribution is -2.59. The first-order chi connectivity index (χ1) is 12.3. The average Bonchev–Trinajstić information content (AvgIpc) is 2.68. The van der Waals surface area contributed by atoms with Crippen molar-refractivity contribution in [3.63, 3.8) is 0 Å². The molecule has 0 N–H and O–H groups in total. The van der Waals surface area contributed by atoms with E-state index >= 15 is 0 Å². The Bertz CT molecular complexity index is 703. The maximum atomic E-state index is 6.61. The van der Waals surface area contributed by atoms with E-state index in [1.807, 2.05) is 66.7 Å². The van der Waals surface area contributed by atoms with Crippen LogP contribution >= 0.6 is 0 Å². The van der Waals surface area contributed by atoms with E-state index < -0.39 is 8.56 Å². The zero-order valence-electron chi connectivity index (χ0n) is 14.6. The van der Waals surface area contributed by atoms with Gasteiger partial charge in [-0.15, -0.1) is 0 Å². The minimum absolute atomic E-state index is 0.866. The molecule has 25 heavy (non-hydrogen) atoms. The van der Waals surface area contributed by atoms with Gasteiger partial charge in [-0.05, 0) is 30.7 Å². The molecule has 0 aliphatic rings. The Kier molecular flexibility index (Phi) is 5.91. The van der Waals surface area contributed by atoms with Crippen molar-refractivity contribution in [1.82, 2.24) is 0 Å². The summed E-state index contributed by atoms with van der Waals surface area (Å²) in [6, 6.07) is 31.4. The maximum absolute atomic E-state index is 6.61. The normalized spacial score (nSPS) is 11.1. The first kappa shape index (κ1) is 17.3. The monoisotopic (exact) mass is 348 g/mol. The van der Waals surface area contributed by atoms with E-state index in [9.17, 15) is 0 Å². The highest BCUT2D eigenvalue weighted by atomic mass is 28.4. The molecule has 0 heterocycles. The van der Waals surface area contributed by atoms with Gasteiger partial charge in [-0.3, -0.25) is 0 Å². The van der Waals surface area contributed by atoms with Crippen LogP contribution in [0, 0.1) is 0 Å². The van der Waals surface area contributed by atoms with Gasteiger partial charge in [0.1, 0.15) is 11.5 Å².